The van der Waals surface area contributed by atoms with Crippen LogP contribution in [0.3, 0.4) is 0 Å². The van der Waals surface area contributed by atoms with Crippen molar-refractivity contribution in [3.05, 3.63) is 35.5 Å². The Labute approximate surface area is 93.5 Å². The summed E-state index contributed by atoms with van der Waals surface area (Å²) >= 11 is 5.67. The van der Waals surface area contributed by atoms with Gasteiger partial charge in [0.2, 0.25) is 0 Å². The molecule has 15 heavy (non-hydrogen) atoms. The minimum atomic E-state index is 0.671. The standard InChI is InChI=1S/C12H11ClN2/c13-5-1-2-10-8-15-12-4-3-9(7-14)6-11(10)12/h3-4,6,8,15H,1-2,5H2. The molecule has 1 heterocycles. The molecular formula is C12H11ClN2. The lowest BCUT2D eigenvalue weighted by Gasteiger charge is -1.97. The quantitative estimate of drug-likeness (QED) is 0.790. The van der Waals surface area contributed by atoms with E-state index in [0.29, 0.717) is 11.4 Å². The SMILES string of the molecule is N#Cc1ccc2[nH]cc(CCCCl)c2c1. The molecule has 2 aromatic rings. The number of hydrogen-bond donors (Lipinski definition) is 1. The lowest BCUT2D eigenvalue weighted by molar-refractivity contribution is 0.936. The molecule has 0 radical (unpaired) electrons. The number of benzene rings is 1. The van der Waals surface area contributed by atoms with E-state index < -0.39 is 0 Å². The zero-order chi connectivity index (χ0) is 10.7. The molecule has 1 aromatic carbocycles. The highest BCUT2D eigenvalue weighted by Crippen LogP contribution is 2.20. The average molecular weight is 219 g/mol. The molecule has 1 aromatic heterocycles. The van der Waals surface area contributed by atoms with Crippen molar-refractivity contribution in [2.24, 2.45) is 0 Å². The summed E-state index contributed by atoms with van der Waals surface area (Å²) < 4.78 is 0. The number of rotatable bonds is 3. The number of fused-ring (bicyclic) bond motifs is 1. The van der Waals surface area contributed by atoms with E-state index in [-0.39, 0.29) is 0 Å². The summed E-state index contributed by atoms with van der Waals surface area (Å²) in [5.41, 5.74) is 3.02. The molecular weight excluding hydrogens is 208 g/mol. The van der Waals surface area contributed by atoms with E-state index >= 15 is 0 Å². The van der Waals surface area contributed by atoms with Gasteiger partial charge in [0.25, 0.3) is 0 Å². The van der Waals surface area contributed by atoms with Crippen LogP contribution in [0.5, 0.6) is 0 Å². The van der Waals surface area contributed by atoms with E-state index in [4.69, 9.17) is 16.9 Å². The maximum absolute atomic E-state index is 8.82. The van der Waals surface area contributed by atoms with Gasteiger partial charge in [-0.15, -0.1) is 11.6 Å². The van der Waals surface area contributed by atoms with Gasteiger partial charge < -0.3 is 4.98 Å². The molecule has 0 fully saturated rings. The zero-order valence-corrected chi connectivity index (χ0v) is 9.01. The van der Waals surface area contributed by atoms with Gasteiger partial charge >= 0.3 is 0 Å². The molecule has 1 N–H and O–H groups in total. The van der Waals surface area contributed by atoms with Crippen LogP contribution in [0.1, 0.15) is 17.5 Å². The Hall–Kier alpha value is -1.46. The number of alkyl halides is 1. The topological polar surface area (TPSA) is 39.6 Å². The van der Waals surface area contributed by atoms with Crippen molar-refractivity contribution in [2.75, 3.05) is 5.88 Å². The summed E-state index contributed by atoms with van der Waals surface area (Å²) in [6.07, 6.45) is 3.92. The van der Waals surface area contributed by atoms with E-state index in [2.05, 4.69) is 11.1 Å². The van der Waals surface area contributed by atoms with Gasteiger partial charge in [-0.25, -0.2) is 0 Å². The predicted octanol–water partition coefficient (Wildman–Crippen LogP) is 3.21. The number of nitrogens with one attached hydrogen (secondary N) is 1. The van der Waals surface area contributed by atoms with E-state index in [1.807, 2.05) is 24.4 Å². The van der Waals surface area contributed by atoms with E-state index in [9.17, 15) is 0 Å². The summed E-state index contributed by atoms with van der Waals surface area (Å²) in [6.45, 7) is 0. The Balaban J connectivity index is 2.43. The molecule has 0 saturated carbocycles. The monoisotopic (exact) mass is 218 g/mol. The summed E-state index contributed by atoms with van der Waals surface area (Å²) in [5, 5.41) is 9.96. The first-order valence-electron chi connectivity index (χ1n) is 4.91. The number of hydrogen-bond acceptors (Lipinski definition) is 1. The Morgan fingerprint density at radius 3 is 3.00 bits per heavy atom. The number of aromatic amines is 1. The van der Waals surface area contributed by atoms with E-state index in [1.165, 1.54) is 5.56 Å². The Kier molecular flexibility index (Phi) is 2.94. The molecule has 0 aliphatic rings. The van der Waals surface area contributed by atoms with Crippen LogP contribution in [0, 0.1) is 11.3 Å². The number of nitriles is 1. The van der Waals surface area contributed by atoms with Crippen molar-refractivity contribution >= 4 is 22.5 Å². The molecule has 76 valence electrons. The van der Waals surface area contributed by atoms with Gasteiger partial charge in [0.05, 0.1) is 11.6 Å². The van der Waals surface area contributed by atoms with Crippen molar-refractivity contribution in [1.29, 1.82) is 5.26 Å². The maximum atomic E-state index is 8.82. The Bertz CT molecular complexity index is 508. The summed E-state index contributed by atoms with van der Waals surface area (Å²) in [7, 11) is 0. The van der Waals surface area contributed by atoms with Crippen LogP contribution < -0.4 is 0 Å². The third-order valence-electron chi connectivity index (χ3n) is 2.48. The predicted molar refractivity (Wildman–Crippen MR) is 62.1 cm³/mol. The van der Waals surface area contributed by atoms with Crippen molar-refractivity contribution in [3.8, 4) is 6.07 Å². The second-order valence-corrected chi connectivity index (χ2v) is 3.86. The summed E-state index contributed by atoms with van der Waals surface area (Å²) in [6, 6.07) is 7.84. The fourth-order valence-corrected chi connectivity index (χ4v) is 1.85. The minimum Gasteiger partial charge on any atom is -0.361 e. The third-order valence-corrected chi connectivity index (χ3v) is 2.74. The molecule has 0 spiro atoms. The van der Waals surface area contributed by atoms with Gasteiger partial charge in [-0.1, -0.05) is 0 Å². The minimum absolute atomic E-state index is 0.671. The van der Waals surface area contributed by atoms with Gasteiger partial charge in [-0.05, 0) is 36.6 Å². The van der Waals surface area contributed by atoms with Crippen molar-refractivity contribution in [2.45, 2.75) is 12.8 Å². The maximum Gasteiger partial charge on any atom is 0.0991 e. The number of aryl methyl sites for hydroxylation is 1. The molecule has 0 atom stereocenters. The number of halogens is 1. The van der Waals surface area contributed by atoms with Gasteiger partial charge in [0, 0.05) is 23.0 Å². The van der Waals surface area contributed by atoms with Crippen LogP contribution in [0.4, 0.5) is 0 Å². The van der Waals surface area contributed by atoms with Gasteiger partial charge in [-0.2, -0.15) is 5.26 Å². The molecule has 0 amide bonds. The van der Waals surface area contributed by atoms with Crippen LogP contribution in [-0.4, -0.2) is 10.9 Å². The first-order chi connectivity index (χ1) is 7.35. The highest BCUT2D eigenvalue weighted by atomic mass is 35.5. The molecule has 0 unspecified atom stereocenters. The molecule has 2 nitrogen and oxygen atoms in total. The second kappa shape index (κ2) is 4.37. The van der Waals surface area contributed by atoms with Gasteiger partial charge in [0.15, 0.2) is 0 Å². The molecule has 2 rings (SSSR count). The summed E-state index contributed by atoms with van der Waals surface area (Å²) in [5.74, 6) is 0.671. The zero-order valence-electron chi connectivity index (χ0n) is 8.26. The smallest absolute Gasteiger partial charge is 0.0991 e. The Morgan fingerprint density at radius 1 is 1.40 bits per heavy atom. The van der Waals surface area contributed by atoms with Crippen LogP contribution >= 0.6 is 11.6 Å². The van der Waals surface area contributed by atoms with Crippen molar-refractivity contribution in [3.63, 3.8) is 0 Å². The van der Waals surface area contributed by atoms with Crippen LogP contribution in [0.15, 0.2) is 24.4 Å². The van der Waals surface area contributed by atoms with Crippen LogP contribution in [0.25, 0.3) is 10.9 Å². The first-order valence-corrected chi connectivity index (χ1v) is 5.44. The largest absolute Gasteiger partial charge is 0.361 e. The van der Waals surface area contributed by atoms with E-state index in [1.54, 1.807) is 0 Å². The van der Waals surface area contributed by atoms with Crippen molar-refractivity contribution in [1.82, 2.24) is 4.98 Å². The average Bonchev–Trinajstić information content (AvgIpc) is 2.68. The highest BCUT2D eigenvalue weighted by Gasteiger charge is 2.03. The molecule has 0 bridgehead atoms. The molecule has 0 saturated heterocycles. The van der Waals surface area contributed by atoms with Gasteiger partial charge in [0.1, 0.15) is 0 Å². The molecule has 0 aliphatic heterocycles. The Morgan fingerprint density at radius 2 is 2.27 bits per heavy atom. The molecule has 0 aliphatic carbocycles. The van der Waals surface area contributed by atoms with Gasteiger partial charge in [-0.3, -0.25) is 0 Å². The second-order valence-electron chi connectivity index (χ2n) is 3.48. The fourth-order valence-electron chi connectivity index (χ4n) is 1.71. The fraction of sp³-hybridized carbons (Fsp3) is 0.250. The number of nitrogens with zero attached hydrogens (tertiary/aromatic N) is 1. The molecule has 3 heteroatoms. The first kappa shape index (κ1) is 10.1. The summed E-state index contributed by atoms with van der Waals surface area (Å²) in [4.78, 5) is 3.20. The van der Waals surface area contributed by atoms with Crippen LogP contribution in [-0.2, 0) is 6.42 Å². The van der Waals surface area contributed by atoms with Crippen LogP contribution in [0.2, 0.25) is 0 Å². The normalized spacial score (nSPS) is 10.4. The third kappa shape index (κ3) is 1.98. The lowest BCUT2D eigenvalue weighted by atomic mass is 10.1. The number of aromatic nitrogens is 1. The van der Waals surface area contributed by atoms with E-state index in [0.717, 1.165) is 23.7 Å². The van der Waals surface area contributed by atoms with Crippen molar-refractivity contribution < 1.29 is 0 Å². The number of H-pyrrole nitrogens is 1. The highest BCUT2D eigenvalue weighted by molar-refractivity contribution is 6.17. The lowest BCUT2D eigenvalue weighted by Crippen LogP contribution is -1.84.